The van der Waals surface area contributed by atoms with Gasteiger partial charge in [-0.2, -0.15) is 0 Å². The van der Waals surface area contributed by atoms with Gasteiger partial charge in [0.05, 0.1) is 19.8 Å². The zero-order valence-electron chi connectivity index (χ0n) is 13.9. The van der Waals surface area contributed by atoms with Crippen molar-refractivity contribution in [2.45, 2.75) is 70.2 Å². The second-order valence-corrected chi connectivity index (χ2v) is 6.83. The van der Waals surface area contributed by atoms with Crippen molar-refractivity contribution in [2.75, 3.05) is 26.8 Å². The number of ether oxygens (including phenoxy) is 2. The number of nitrogens with zero attached hydrogens (tertiary/aromatic N) is 1. The Bertz CT molecular complexity index is 359. The Morgan fingerprint density at radius 2 is 2.14 bits per heavy atom. The van der Waals surface area contributed by atoms with Crippen molar-refractivity contribution in [1.29, 1.82) is 0 Å². The molecule has 0 radical (unpaired) electrons. The monoisotopic (exact) mass is 298 g/mol. The first-order valence-corrected chi connectivity index (χ1v) is 8.16. The van der Waals surface area contributed by atoms with Gasteiger partial charge in [-0.05, 0) is 53.0 Å². The fraction of sp³-hybridized carbons (Fsp3) is 0.938. The van der Waals surface area contributed by atoms with Gasteiger partial charge in [-0.15, -0.1) is 0 Å². The molecule has 5 nitrogen and oxygen atoms in total. The molecule has 2 aliphatic rings. The van der Waals surface area contributed by atoms with Crippen molar-refractivity contribution in [2.24, 2.45) is 0 Å². The van der Waals surface area contributed by atoms with Gasteiger partial charge in [-0.25, -0.2) is 0 Å². The molecule has 0 spiro atoms. The van der Waals surface area contributed by atoms with E-state index in [2.05, 4.69) is 24.1 Å². The van der Waals surface area contributed by atoms with E-state index in [0.29, 0.717) is 18.2 Å². The highest BCUT2D eigenvalue weighted by Crippen LogP contribution is 2.26. The Balaban J connectivity index is 1.82. The third kappa shape index (κ3) is 4.66. The average molecular weight is 298 g/mol. The van der Waals surface area contributed by atoms with Crippen LogP contribution in [0.3, 0.4) is 0 Å². The Morgan fingerprint density at radius 3 is 2.76 bits per heavy atom. The van der Waals surface area contributed by atoms with Crippen LogP contribution in [-0.4, -0.2) is 61.4 Å². The largest absolute Gasteiger partial charge is 0.468 e. The average Bonchev–Trinajstić information content (AvgIpc) is 3.25. The number of hydrogen-bond acceptors (Lipinski definition) is 5. The van der Waals surface area contributed by atoms with Gasteiger partial charge in [0, 0.05) is 18.6 Å². The number of esters is 1. The standard InChI is InChI=1S/C16H30N2O3/c1-12-11-21-13(2)10-18(12)9-5-8-16(3,15(19)20-4)17-14-6-7-14/h12-14,17H,5-11H2,1-4H3. The molecule has 1 saturated carbocycles. The summed E-state index contributed by atoms with van der Waals surface area (Å²) < 4.78 is 10.6. The lowest BCUT2D eigenvalue weighted by atomic mass is 9.95. The van der Waals surface area contributed by atoms with Crippen LogP contribution >= 0.6 is 0 Å². The number of carbonyl (C=O) groups excluding carboxylic acids is 1. The van der Waals surface area contributed by atoms with Crippen LogP contribution in [0.25, 0.3) is 0 Å². The Hall–Kier alpha value is -0.650. The van der Waals surface area contributed by atoms with E-state index in [-0.39, 0.29) is 5.97 Å². The van der Waals surface area contributed by atoms with Gasteiger partial charge in [0.2, 0.25) is 0 Å². The van der Waals surface area contributed by atoms with Gasteiger partial charge < -0.3 is 9.47 Å². The topological polar surface area (TPSA) is 50.8 Å². The highest BCUT2D eigenvalue weighted by molar-refractivity contribution is 5.80. The molecule has 0 aromatic rings. The first-order chi connectivity index (χ1) is 9.94. The molecular weight excluding hydrogens is 268 g/mol. The van der Waals surface area contributed by atoms with E-state index in [0.717, 1.165) is 32.5 Å². The van der Waals surface area contributed by atoms with Gasteiger partial charge in [0.15, 0.2) is 0 Å². The fourth-order valence-corrected chi connectivity index (χ4v) is 3.06. The first kappa shape index (κ1) is 16.7. The molecule has 3 unspecified atom stereocenters. The second kappa shape index (κ2) is 7.07. The lowest BCUT2D eigenvalue weighted by Gasteiger charge is -2.37. The van der Waals surface area contributed by atoms with Gasteiger partial charge in [-0.1, -0.05) is 0 Å². The molecular formula is C16H30N2O3. The molecule has 0 bridgehead atoms. The quantitative estimate of drug-likeness (QED) is 0.723. The number of carbonyl (C=O) groups is 1. The summed E-state index contributed by atoms with van der Waals surface area (Å²) in [6.07, 6.45) is 4.45. The molecule has 5 heteroatoms. The van der Waals surface area contributed by atoms with Crippen LogP contribution in [0.15, 0.2) is 0 Å². The van der Waals surface area contributed by atoms with Gasteiger partial charge in [0.25, 0.3) is 0 Å². The number of morpholine rings is 1. The lowest BCUT2D eigenvalue weighted by molar-refractivity contribution is -0.148. The zero-order valence-corrected chi connectivity index (χ0v) is 13.9. The summed E-state index contributed by atoms with van der Waals surface area (Å²) in [5.74, 6) is -0.141. The molecule has 2 rings (SSSR count). The van der Waals surface area contributed by atoms with Gasteiger partial charge in [-0.3, -0.25) is 15.0 Å². The summed E-state index contributed by atoms with van der Waals surface area (Å²) in [5.41, 5.74) is -0.545. The fourth-order valence-electron chi connectivity index (χ4n) is 3.06. The van der Waals surface area contributed by atoms with Crippen LogP contribution in [0.4, 0.5) is 0 Å². The minimum atomic E-state index is -0.545. The maximum atomic E-state index is 12.1. The number of nitrogens with one attached hydrogen (secondary N) is 1. The summed E-state index contributed by atoms with van der Waals surface area (Å²) in [5, 5.41) is 3.46. The van der Waals surface area contributed by atoms with Crippen molar-refractivity contribution >= 4 is 5.97 Å². The van der Waals surface area contributed by atoms with Crippen molar-refractivity contribution in [3.8, 4) is 0 Å². The van der Waals surface area contributed by atoms with Gasteiger partial charge >= 0.3 is 5.97 Å². The highest BCUT2D eigenvalue weighted by atomic mass is 16.5. The summed E-state index contributed by atoms with van der Waals surface area (Å²) in [6, 6.07) is 0.957. The van der Waals surface area contributed by atoms with Crippen LogP contribution < -0.4 is 5.32 Å². The van der Waals surface area contributed by atoms with E-state index in [9.17, 15) is 4.79 Å². The van der Waals surface area contributed by atoms with Crippen LogP contribution in [0.5, 0.6) is 0 Å². The van der Waals surface area contributed by atoms with Crippen molar-refractivity contribution < 1.29 is 14.3 Å². The Labute approximate surface area is 128 Å². The molecule has 1 aliphatic heterocycles. The summed E-state index contributed by atoms with van der Waals surface area (Å²) in [4.78, 5) is 14.5. The lowest BCUT2D eigenvalue weighted by Crippen LogP contribution is -2.52. The summed E-state index contributed by atoms with van der Waals surface area (Å²) in [6.45, 7) is 9.08. The molecule has 1 heterocycles. The van der Waals surface area contributed by atoms with E-state index in [1.807, 2.05) is 6.92 Å². The minimum absolute atomic E-state index is 0.141. The van der Waals surface area contributed by atoms with Crippen LogP contribution in [-0.2, 0) is 14.3 Å². The molecule has 1 saturated heterocycles. The molecule has 0 amide bonds. The van der Waals surface area contributed by atoms with Crippen molar-refractivity contribution in [1.82, 2.24) is 10.2 Å². The third-order valence-corrected chi connectivity index (χ3v) is 4.59. The zero-order chi connectivity index (χ0) is 15.5. The second-order valence-electron chi connectivity index (χ2n) is 6.83. The minimum Gasteiger partial charge on any atom is -0.468 e. The van der Waals surface area contributed by atoms with E-state index >= 15 is 0 Å². The smallest absolute Gasteiger partial charge is 0.325 e. The normalized spacial score (nSPS) is 29.9. The van der Waals surface area contributed by atoms with E-state index in [4.69, 9.17) is 9.47 Å². The van der Waals surface area contributed by atoms with Crippen LogP contribution in [0.1, 0.15) is 46.5 Å². The SMILES string of the molecule is COC(=O)C(C)(CCCN1CC(C)OCC1C)NC1CC1. The number of methoxy groups -OCH3 is 1. The molecule has 1 aliphatic carbocycles. The maximum Gasteiger partial charge on any atom is 0.325 e. The van der Waals surface area contributed by atoms with E-state index in [1.165, 1.54) is 20.0 Å². The van der Waals surface area contributed by atoms with E-state index < -0.39 is 5.54 Å². The maximum absolute atomic E-state index is 12.1. The van der Waals surface area contributed by atoms with Crippen LogP contribution in [0, 0.1) is 0 Å². The molecule has 1 N–H and O–H groups in total. The Morgan fingerprint density at radius 1 is 1.43 bits per heavy atom. The molecule has 122 valence electrons. The third-order valence-electron chi connectivity index (χ3n) is 4.59. The Kier molecular flexibility index (Phi) is 5.63. The van der Waals surface area contributed by atoms with Crippen molar-refractivity contribution in [3.05, 3.63) is 0 Å². The molecule has 0 aromatic heterocycles. The number of hydrogen-bond donors (Lipinski definition) is 1. The van der Waals surface area contributed by atoms with Crippen molar-refractivity contribution in [3.63, 3.8) is 0 Å². The van der Waals surface area contributed by atoms with E-state index in [1.54, 1.807) is 0 Å². The first-order valence-electron chi connectivity index (χ1n) is 8.16. The number of rotatable bonds is 7. The summed E-state index contributed by atoms with van der Waals surface area (Å²) in [7, 11) is 1.47. The molecule has 2 fully saturated rings. The highest BCUT2D eigenvalue weighted by Gasteiger charge is 2.39. The van der Waals surface area contributed by atoms with Gasteiger partial charge in [0.1, 0.15) is 5.54 Å². The predicted octanol–water partition coefficient (Wildman–Crippen LogP) is 1.56. The predicted molar refractivity (Wildman–Crippen MR) is 82.3 cm³/mol. The molecule has 21 heavy (non-hydrogen) atoms. The molecule has 0 aromatic carbocycles. The molecule has 3 atom stereocenters. The van der Waals surface area contributed by atoms with Crippen LogP contribution in [0.2, 0.25) is 0 Å². The summed E-state index contributed by atoms with van der Waals surface area (Å²) >= 11 is 0.